The van der Waals surface area contributed by atoms with Gasteiger partial charge in [-0.1, -0.05) is 0 Å². The molecule has 1 atom stereocenters. The van der Waals surface area contributed by atoms with Crippen LogP contribution < -0.4 is 16.2 Å². The van der Waals surface area contributed by atoms with E-state index in [0.29, 0.717) is 0 Å². The highest BCUT2D eigenvalue weighted by Gasteiger charge is 2.39. The summed E-state index contributed by atoms with van der Waals surface area (Å²) in [6.45, 7) is 0. The van der Waals surface area contributed by atoms with E-state index in [9.17, 15) is 32.7 Å². The molecule has 0 unspecified atom stereocenters. The number of aliphatic carboxylic acids is 1. The van der Waals surface area contributed by atoms with Crippen molar-refractivity contribution in [3.63, 3.8) is 0 Å². The summed E-state index contributed by atoms with van der Waals surface area (Å²) in [6, 6.07) is -1.90. The number of carbonyl (C=O) groups excluding carboxylic acids is 3. The molecule has 0 saturated heterocycles. The molecule has 0 saturated carbocycles. The van der Waals surface area contributed by atoms with Gasteiger partial charge in [0.25, 0.3) is 0 Å². The highest BCUT2D eigenvalue weighted by Crippen LogP contribution is 2.14. The lowest BCUT2D eigenvalue weighted by Crippen LogP contribution is -2.51. The number of amides is 2. The van der Waals surface area contributed by atoms with Crippen LogP contribution in [0.1, 0.15) is 12.8 Å². The van der Waals surface area contributed by atoms with E-state index in [-0.39, 0.29) is 0 Å². The first-order valence-corrected chi connectivity index (χ1v) is 4.01. The van der Waals surface area contributed by atoms with E-state index in [1.807, 2.05) is 0 Å². The van der Waals surface area contributed by atoms with Gasteiger partial charge in [0.15, 0.2) is 0 Å². The van der Waals surface area contributed by atoms with Crippen molar-refractivity contribution < 1.29 is 32.7 Å². The van der Waals surface area contributed by atoms with Crippen molar-refractivity contribution in [1.29, 1.82) is 0 Å². The second-order valence-electron chi connectivity index (χ2n) is 2.85. The Balaban J connectivity index is 4.41. The van der Waals surface area contributed by atoms with Crippen LogP contribution in [0.5, 0.6) is 0 Å². The molecule has 2 amide bonds. The highest BCUT2D eigenvalue weighted by molar-refractivity contribution is 5.86. The van der Waals surface area contributed by atoms with E-state index in [0.717, 1.165) is 0 Å². The van der Waals surface area contributed by atoms with Crippen molar-refractivity contribution in [2.24, 2.45) is 5.73 Å². The van der Waals surface area contributed by atoms with Crippen molar-refractivity contribution >= 4 is 17.8 Å². The van der Waals surface area contributed by atoms with Crippen LogP contribution in [0.3, 0.4) is 0 Å². The average Bonchev–Trinajstić information content (AvgIpc) is 2.09. The molecule has 9 heteroatoms. The summed E-state index contributed by atoms with van der Waals surface area (Å²) in [5.41, 5.74) is 4.67. The Labute approximate surface area is 87.6 Å². The number of nitrogens with two attached hydrogens (primary N) is 1. The highest BCUT2D eigenvalue weighted by atomic mass is 19.4. The van der Waals surface area contributed by atoms with Crippen LogP contribution in [0.15, 0.2) is 0 Å². The summed E-state index contributed by atoms with van der Waals surface area (Å²) in [5.74, 6) is -5.22. The molecule has 0 spiro atoms. The molecule has 92 valence electrons. The fourth-order valence-electron chi connectivity index (χ4n) is 0.776. The van der Waals surface area contributed by atoms with E-state index >= 15 is 0 Å². The number of carboxylic acid groups (broad SMARTS) is 1. The van der Waals surface area contributed by atoms with Crippen molar-refractivity contribution in [2.75, 3.05) is 0 Å². The third-order valence-corrected chi connectivity index (χ3v) is 1.53. The number of hydrogen-bond acceptors (Lipinski definition) is 4. The number of hydrogen-bond donors (Lipinski definition) is 2. The first kappa shape index (κ1) is 14.2. The van der Waals surface area contributed by atoms with Crippen LogP contribution in [-0.2, 0) is 14.4 Å². The summed E-state index contributed by atoms with van der Waals surface area (Å²) in [6.07, 6.45) is -6.23. The van der Waals surface area contributed by atoms with Crippen molar-refractivity contribution in [3.8, 4) is 0 Å². The zero-order valence-electron chi connectivity index (χ0n) is 7.84. The monoisotopic (exact) mass is 241 g/mol. The van der Waals surface area contributed by atoms with Gasteiger partial charge in [0.2, 0.25) is 5.91 Å². The Morgan fingerprint density at radius 3 is 2.12 bits per heavy atom. The Morgan fingerprint density at radius 1 is 1.31 bits per heavy atom. The van der Waals surface area contributed by atoms with Crippen molar-refractivity contribution in [2.45, 2.75) is 25.1 Å². The molecule has 0 rings (SSSR count). The lowest BCUT2D eigenvalue weighted by atomic mass is 10.1. The van der Waals surface area contributed by atoms with Gasteiger partial charge in [-0.2, -0.15) is 13.2 Å². The molecule has 6 nitrogen and oxygen atoms in total. The molecule has 0 aromatic rings. The number of alkyl halides is 3. The van der Waals surface area contributed by atoms with Gasteiger partial charge in [-0.3, -0.25) is 9.59 Å². The second kappa shape index (κ2) is 5.33. The first-order valence-electron chi connectivity index (χ1n) is 4.01. The Bertz CT molecular complexity index is 302. The van der Waals surface area contributed by atoms with Gasteiger partial charge in [0.05, 0.1) is 12.0 Å². The third-order valence-electron chi connectivity index (χ3n) is 1.53. The summed E-state index contributed by atoms with van der Waals surface area (Å²) >= 11 is 0. The molecule has 0 fully saturated rings. The van der Waals surface area contributed by atoms with Crippen LogP contribution in [0, 0.1) is 0 Å². The fourth-order valence-corrected chi connectivity index (χ4v) is 0.776. The quantitative estimate of drug-likeness (QED) is 0.582. The molecule has 0 aliphatic rings. The molecule has 16 heavy (non-hydrogen) atoms. The van der Waals surface area contributed by atoms with Gasteiger partial charge in [0, 0.05) is 6.42 Å². The smallest absolute Gasteiger partial charge is 0.471 e. The van der Waals surface area contributed by atoms with Gasteiger partial charge >= 0.3 is 12.1 Å². The molecule has 0 heterocycles. The maximum atomic E-state index is 11.8. The third kappa shape index (κ3) is 5.17. The largest absolute Gasteiger partial charge is 0.548 e. The van der Waals surface area contributed by atoms with Crippen molar-refractivity contribution in [3.05, 3.63) is 0 Å². The summed E-state index contributed by atoms with van der Waals surface area (Å²) in [5, 5.41) is 11.5. The van der Waals surface area contributed by atoms with E-state index in [4.69, 9.17) is 0 Å². The number of halogens is 3. The maximum Gasteiger partial charge on any atom is 0.471 e. The minimum atomic E-state index is -5.19. The normalized spacial score (nSPS) is 12.9. The lowest BCUT2D eigenvalue weighted by molar-refractivity contribution is -0.308. The molecule has 0 aliphatic carbocycles. The van der Waals surface area contributed by atoms with Gasteiger partial charge < -0.3 is 21.0 Å². The standard InChI is InChI=1S/C7H9F3N2O4/c8-7(9,10)6(16)12-3(5(14)15)1-2-4(11)13/h3H,1-2H2,(H2,11,13)(H,12,16)(H,14,15)/p-1/t3-/m0/s1. The summed E-state index contributed by atoms with van der Waals surface area (Å²) < 4.78 is 35.3. The predicted octanol–water partition coefficient (Wildman–Crippen LogP) is -1.95. The fraction of sp³-hybridized carbons (Fsp3) is 0.571. The molecule has 3 N–H and O–H groups in total. The van der Waals surface area contributed by atoms with Gasteiger partial charge in [-0.25, -0.2) is 0 Å². The van der Waals surface area contributed by atoms with Crippen LogP contribution in [0.25, 0.3) is 0 Å². The predicted molar refractivity (Wildman–Crippen MR) is 41.4 cm³/mol. The van der Waals surface area contributed by atoms with E-state index in [2.05, 4.69) is 5.73 Å². The van der Waals surface area contributed by atoms with E-state index in [1.54, 1.807) is 0 Å². The average molecular weight is 241 g/mol. The first-order chi connectivity index (χ1) is 7.14. The molecule has 0 aromatic heterocycles. The van der Waals surface area contributed by atoms with Crippen LogP contribution in [0.2, 0.25) is 0 Å². The molecule has 0 aliphatic heterocycles. The molecular formula is C7H8F3N2O4-. The molecular weight excluding hydrogens is 233 g/mol. The zero-order valence-corrected chi connectivity index (χ0v) is 7.84. The topological polar surface area (TPSA) is 112 Å². The van der Waals surface area contributed by atoms with Gasteiger partial charge in [-0.15, -0.1) is 0 Å². The van der Waals surface area contributed by atoms with Crippen LogP contribution in [-0.4, -0.2) is 30.0 Å². The number of primary amides is 1. The lowest BCUT2D eigenvalue weighted by Gasteiger charge is -2.19. The van der Waals surface area contributed by atoms with Gasteiger partial charge in [0.1, 0.15) is 0 Å². The second-order valence-corrected chi connectivity index (χ2v) is 2.85. The minimum Gasteiger partial charge on any atom is -0.548 e. The zero-order chi connectivity index (χ0) is 12.9. The Kier molecular flexibility index (Phi) is 4.73. The molecule has 0 radical (unpaired) electrons. The maximum absolute atomic E-state index is 11.8. The number of rotatable bonds is 5. The van der Waals surface area contributed by atoms with E-state index in [1.165, 1.54) is 5.32 Å². The minimum absolute atomic E-state index is 0.475. The van der Waals surface area contributed by atoms with E-state index < -0.39 is 42.8 Å². The SMILES string of the molecule is NC(=O)CC[C@H](NC(=O)C(F)(F)F)C(=O)[O-]. The van der Waals surface area contributed by atoms with Crippen molar-refractivity contribution in [1.82, 2.24) is 5.32 Å². The number of nitrogens with one attached hydrogen (secondary N) is 1. The Hall–Kier alpha value is -1.80. The number of carbonyl (C=O) groups is 3. The van der Waals surface area contributed by atoms with Crippen LogP contribution in [0.4, 0.5) is 13.2 Å². The molecule has 0 bridgehead atoms. The van der Waals surface area contributed by atoms with Gasteiger partial charge in [-0.05, 0) is 6.42 Å². The van der Waals surface area contributed by atoms with Crippen LogP contribution >= 0.6 is 0 Å². The summed E-state index contributed by atoms with van der Waals surface area (Å²) in [7, 11) is 0. The summed E-state index contributed by atoms with van der Waals surface area (Å²) in [4.78, 5) is 31.0. The Morgan fingerprint density at radius 2 is 1.81 bits per heavy atom. The number of carboxylic acids is 1. The molecule has 0 aromatic carbocycles.